The molecule has 2 nitrogen and oxygen atoms in total. The van der Waals surface area contributed by atoms with E-state index in [9.17, 15) is 4.79 Å². The molecule has 0 bridgehead atoms. The van der Waals surface area contributed by atoms with Crippen molar-refractivity contribution in [3.63, 3.8) is 0 Å². The maximum atomic E-state index is 11.2. The Morgan fingerprint density at radius 3 is 2.54 bits per heavy atom. The average Bonchev–Trinajstić information content (AvgIpc) is 2.64. The van der Waals surface area contributed by atoms with Gasteiger partial charge in [-0.25, -0.2) is 0 Å². The Morgan fingerprint density at radius 2 is 1.92 bits per heavy atom. The molecule has 2 heteroatoms. The summed E-state index contributed by atoms with van der Waals surface area (Å²) in [6.45, 7) is 6.05. The molecule has 74 valence electrons. The van der Waals surface area contributed by atoms with Crippen LogP contribution < -0.4 is 0 Å². The van der Waals surface area contributed by atoms with Crippen LogP contribution in [-0.2, 0) is 9.53 Å². The minimum absolute atomic E-state index is 0.0156. The van der Waals surface area contributed by atoms with Gasteiger partial charge in [-0.1, -0.05) is 20.3 Å². The highest BCUT2D eigenvalue weighted by molar-refractivity contribution is 5.75. The third-order valence-electron chi connectivity index (χ3n) is 2.76. The largest absolute Gasteiger partial charge is 0.434 e. The van der Waals surface area contributed by atoms with Crippen molar-refractivity contribution < 1.29 is 9.53 Å². The molecule has 13 heavy (non-hydrogen) atoms. The van der Waals surface area contributed by atoms with Crippen molar-refractivity contribution in [3.05, 3.63) is 11.8 Å². The maximum absolute atomic E-state index is 11.2. The van der Waals surface area contributed by atoms with E-state index < -0.39 is 0 Å². The van der Waals surface area contributed by atoms with E-state index in [1.807, 2.05) is 13.8 Å². The van der Waals surface area contributed by atoms with E-state index in [0.717, 1.165) is 6.42 Å². The van der Waals surface area contributed by atoms with Gasteiger partial charge in [-0.3, -0.25) is 4.79 Å². The number of fused-ring (bicyclic) bond motifs is 1. The number of ether oxygens (including phenoxy) is 1. The summed E-state index contributed by atoms with van der Waals surface area (Å²) in [6.07, 6.45) is 4.99. The van der Waals surface area contributed by atoms with Crippen molar-refractivity contribution in [1.82, 2.24) is 0 Å². The van der Waals surface area contributed by atoms with E-state index in [2.05, 4.69) is 6.92 Å². The lowest BCUT2D eigenvalue weighted by atomic mass is 9.89. The average molecular weight is 182 g/mol. The molecule has 0 aromatic rings. The number of carbonyl (C=O) groups is 1. The highest BCUT2D eigenvalue weighted by Crippen LogP contribution is 2.39. The summed E-state index contributed by atoms with van der Waals surface area (Å²) in [4.78, 5) is 11.2. The summed E-state index contributed by atoms with van der Waals surface area (Å²) < 4.78 is 4.90. The standard InChI is InChI=1S/C9H12O2.C2H6/c1-6-5-11-9(10)8-4-2-3-7(6)8;1-2/h5,7-8H,2-4H2,1H3;1-2H3/t7-,8-;/m1./s1. The summed E-state index contributed by atoms with van der Waals surface area (Å²) >= 11 is 0. The molecule has 0 N–H and O–H groups in total. The molecule has 2 aliphatic rings. The highest BCUT2D eigenvalue weighted by Gasteiger charge is 2.37. The van der Waals surface area contributed by atoms with Crippen molar-refractivity contribution in [2.75, 3.05) is 0 Å². The number of rotatable bonds is 0. The van der Waals surface area contributed by atoms with Gasteiger partial charge in [0, 0.05) is 0 Å². The first-order valence-corrected chi connectivity index (χ1v) is 5.16. The zero-order valence-corrected chi connectivity index (χ0v) is 8.67. The Balaban J connectivity index is 0.000000396. The van der Waals surface area contributed by atoms with Crippen LogP contribution in [0.5, 0.6) is 0 Å². The monoisotopic (exact) mass is 182 g/mol. The van der Waals surface area contributed by atoms with Crippen LogP contribution in [0.4, 0.5) is 0 Å². The molecular formula is C11H18O2. The summed E-state index contributed by atoms with van der Waals surface area (Å²) in [7, 11) is 0. The van der Waals surface area contributed by atoms with Crippen LogP contribution in [0.1, 0.15) is 40.0 Å². The minimum Gasteiger partial charge on any atom is -0.434 e. The van der Waals surface area contributed by atoms with Crippen LogP contribution in [0.2, 0.25) is 0 Å². The molecule has 0 unspecified atom stereocenters. The first kappa shape index (κ1) is 10.3. The van der Waals surface area contributed by atoms with Crippen LogP contribution >= 0.6 is 0 Å². The van der Waals surface area contributed by atoms with Crippen LogP contribution in [0, 0.1) is 11.8 Å². The van der Waals surface area contributed by atoms with E-state index in [0.29, 0.717) is 5.92 Å². The zero-order chi connectivity index (χ0) is 9.84. The topological polar surface area (TPSA) is 26.3 Å². The molecule has 0 radical (unpaired) electrons. The molecule has 1 aliphatic carbocycles. The normalized spacial score (nSPS) is 31.0. The maximum Gasteiger partial charge on any atom is 0.314 e. The lowest BCUT2D eigenvalue weighted by Crippen LogP contribution is -2.24. The second-order valence-electron chi connectivity index (χ2n) is 3.44. The molecule has 1 heterocycles. The van der Waals surface area contributed by atoms with Crippen LogP contribution in [-0.4, -0.2) is 5.97 Å². The van der Waals surface area contributed by atoms with Crippen molar-refractivity contribution in [2.24, 2.45) is 11.8 Å². The Morgan fingerprint density at radius 1 is 1.31 bits per heavy atom. The fourth-order valence-electron chi connectivity index (χ4n) is 2.11. The smallest absolute Gasteiger partial charge is 0.314 e. The highest BCUT2D eigenvalue weighted by atomic mass is 16.5. The van der Waals surface area contributed by atoms with Crippen LogP contribution in [0.15, 0.2) is 11.8 Å². The molecule has 2 atom stereocenters. The summed E-state index contributed by atoms with van der Waals surface area (Å²) in [5, 5.41) is 0. The van der Waals surface area contributed by atoms with Gasteiger partial charge in [-0.05, 0) is 31.3 Å². The lowest BCUT2D eigenvalue weighted by molar-refractivity contribution is -0.145. The molecular weight excluding hydrogens is 164 g/mol. The van der Waals surface area contributed by atoms with Crippen LogP contribution in [0.3, 0.4) is 0 Å². The fraction of sp³-hybridized carbons (Fsp3) is 0.727. The van der Waals surface area contributed by atoms with E-state index >= 15 is 0 Å². The van der Waals surface area contributed by atoms with Gasteiger partial charge in [0.1, 0.15) is 0 Å². The number of carbonyl (C=O) groups excluding carboxylic acids is 1. The van der Waals surface area contributed by atoms with Gasteiger partial charge in [0.25, 0.3) is 0 Å². The van der Waals surface area contributed by atoms with E-state index in [-0.39, 0.29) is 11.9 Å². The molecule has 2 rings (SSSR count). The fourth-order valence-corrected chi connectivity index (χ4v) is 2.11. The first-order valence-electron chi connectivity index (χ1n) is 5.16. The third kappa shape index (κ3) is 1.93. The van der Waals surface area contributed by atoms with Crippen molar-refractivity contribution in [1.29, 1.82) is 0 Å². The molecule has 0 amide bonds. The Bertz CT molecular complexity index is 218. The molecule has 0 spiro atoms. The second-order valence-corrected chi connectivity index (χ2v) is 3.44. The van der Waals surface area contributed by atoms with Gasteiger partial charge in [-0.15, -0.1) is 0 Å². The molecule has 0 saturated heterocycles. The van der Waals surface area contributed by atoms with E-state index in [4.69, 9.17) is 4.74 Å². The van der Waals surface area contributed by atoms with Gasteiger partial charge >= 0.3 is 5.97 Å². The number of esters is 1. The summed E-state index contributed by atoms with van der Waals surface area (Å²) in [6, 6.07) is 0. The summed E-state index contributed by atoms with van der Waals surface area (Å²) in [5.74, 6) is 0.661. The van der Waals surface area contributed by atoms with Crippen LogP contribution in [0.25, 0.3) is 0 Å². The molecule has 1 aliphatic heterocycles. The van der Waals surface area contributed by atoms with Gasteiger partial charge in [0.15, 0.2) is 0 Å². The Labute approximate surface area is 80.0 Å². The third-order valence-corrected chi connectivity index (χ3v) is 2.76. The minimum atomic E-state index is -0.0156. The predicted octanol–water partition coefficient (Wildman–Crippen LogP) is 2.89. The molecule has 0 aromatic heterocycles. The van der Waals surface area contributed by atoms with Gasteiger partial charge in [0.2, 0.25) is 0 Å². The van der Waals surface area contributed by atoms with Crippen molar-refractivity contribution in [3.8, 4) is 0 Å². The molecule has 0 aromatic carbocycles. The number of allylic oxidation sites excluding steroid dienone is 1. The SMILES string of the molecule is CC.CC1=COC(=O)[C@@H]2CCC[C@H]12. The van der Waals surface area contributed by atoms with Crippen molar-refractivity contribution in [2.45, 2.75) is 40.0 Å². The Kier molecular flexibility index (Phi) is 3.52. The van der Waals surface area contributed by atoms with Gasteiger partial charge in [-0.2, -0.15) is 0 Å². The second kappa shape index (κ2) is 4.45. The predicted molar refractivity (Wildman–Crippen MR) is 52.0 cm³/mol. The van der Waals surface area contributed by atoms with E-state index in [1.54, 1.807) is 6.26 Å². The zero-order valence-electron chi connectivity index (χ0n) is 8.67. The molecule has 1 saturated carbocycles. The van der Waals surface area contributed by atoms with Gasteiger partial charge < -0.3 is 4.74 Å². The van der Waals surface area contributed by atoms with Crippen molar-refractivity contribution >= 4 is 5.97 Å². The summed E-state index contributed by atoms with van der Waals surface area (Å²) in [5.41, 5.74) is 1.24. The number of hydrogen-bond acceptors (Lipinski definition) is 2. The van der Waals surface area contributed by atoms with Gasteiger partial charge in [0.05, 0.1) is 12.2 Å². The number of cyclic esters (lactones) is 1. The quantitative estimate of drug-likeness (QED) is 0.538. The lowest BCUT2D eigenvalue weighted by Gasteiger charge is -2.22. The first-order chi connectivity index (χ1) is 6.29. The van der Waals surface area contributed by atoms with E-state index in [1.165, 1.54) is 18.4 Å². The number of hydrogen-bond donors (Lipinski definition) is 0. The Hall–Kier alpha value is -0.790. The molecule has 1 fully saturated rings.